The third-order valence-electron chi connectivity index (χ3n) is 1.89. The minimum absolute atomic E-state index is 0. The third-order valence-corrected chi connectivity index (χ3v) is 1.89. The molecule has 0 radical (unpaired) electrons. The lowest BCUT2D eigenvalue weighted by molar-refractivity contribution is 0.210. The maximum Gasteiger partial charge on any atom is 0.121 e. The first-order valence-electron chi connectivity index (χ1n) is 4.74. The molecule has 1 rings (SSSR count). The minimum atomic E-state index is 0. The molecular formula is C11H18ClNO. The molecule has 0 aromatic heterocycles. The average molecular weight is 216 g/mol. The molecule has 0 heterocycles. The summed E-state index contributed by atoms with van der Waals surface area (Å²) in [7, 11) is 0. The predicted octanol–water partition coefficient (Wildman–Crippen LogP) is 3.26. The number of hydrogen-bond acceptors (Lipinski definition) is 2. The molecule has 0 aliphatic rings. The number of nitrogens with two attached hydrogens (primary N) is 1. The summed E-state index contributed by atoms with van der Waals surface area (Å²) in [6.45, 7) is 4.23. The molecule has 0 bridgehead atoms. The lowest BCUT2D eigenvalue weighted by Crippen LogP contribution is -2.10. The van der Waals surface area contributed by atoms with Crippen molar-refractivity contribution < 1.29 is 4.74 Å². The highest BCUT2D eigenvalue weighted by atomic mass is 35.5. The van der Waals surface area contributed by atoms with E-state index in [4.69, 9.17) is 10.5 Å². The Balaban J connectivity index is 0.00000169. The van der Waals surface area contributed by atoms with Gasteiger partial charge in [-0.1, -0.05) is 19.4 Å². The SMILES string of the molecule is CCCC(C)Oc1cccc(N)c1.Cl. The number of halogens is 1. The van der Waals surface area contributed by atoms with Crippen LogP contribution in [-0.2, 0) is 0 Å². The van der Waals surface area contributed by atoms with Crippen molar-refractivity contribution in [3.63, 3.8) is 0 Å². The average Bonchev–Trinajstić information content (AvgIpc) is 2.04. The number of anilines is 1. The Kier molecular flexibility index (Phi) is 6.13. The maximum atomic E-state index is 5.66. The molecule has 80 valence electrons. The van der Waals surface area contributed by atoms with Crippen molar-refractivity contribution in [3.8, 4) is 5.75 Å². The summed E-state index contributed by atoms with van der Waals surface area (Å²) in [6.07, 6.45) is 2.49. The van der Waals surface area contributed by atoms with Crippen LogP contribution in [0.5, 0.6) is 5.75 Å². The van der Waals surface area contributed by atoms with E-state index in [1.807, 2.05) is 24.3 Å². The van der Waals surface area contributed by atoms with Gasteiger partial charge in [-0.25, -0.2) is 0 Å². The van der Waals surface area contributed by atoms with Crippen LogP contribution >= 0.6 is 12.4 Å². The summed E-state index contributed by atoms with van der Waals surface area (Å²) in [6, 6.07) is 7.55. The van der Waals surface area contributed by atoms with Crippen LogP contribution in [0.1, 0.15) is 26.7 Å². The molecule has 14 heavy (non-hydrogen) atoms. The summed E-state index contributed by atoms with van der Waals surface area (Å²) in [5, 5.41) is 0. The lowest BCUT2D eigenvalue weighted by Gasteiger charge is -2.13. The normalized spacial score (nSPS) is 11.6. The van der Waals surface area contributed by atoms with E-state index < -0.39 is 0 Å². The molecule has 0 fully saturated rings. The summed E-state index contributed by atoms with van der Waals surface area (Å²) in [4.78, 5) is 0. The van der Waals surface area contributed by atoms with Gasteiger partial charge in [0.15, 0.2) is 0 Å². The van der Waals surface area contributed by atoms with E-state index in [9.17, 15) is 0 Å². The monoisotopic (exact) mass is 215 g/mol. The van der Waals surface area contributed by atoms with Crippen molar-refractivity contribution in [1.82, 2.24) is 0 Å². The van der Waals surface area contributed by atoms with E-state index in [0.717, 1.165) is 24.3 Å². The van der Waals surface area contributed by atoms with E-state index in [0.29, 0.717) is 0 Å². The summed E-state index contributed by atoms with van der Waals surface area (Å²) in [5.41, 5.74) is 6.38. The lowest BCUT2D eigenvalue weighted by atomic mass is 10.2. The highest BCUT2D eigenvalue weighted by Crippen LogP contribution is 2.17. The first kappa shape index (κ1) is 13.1. The molecule has 0 saturated heterocycles. The number of rotatable bonds is 4. The zero-order chi connectivity index (χ0) is 9.68. The molecule has 3 heteroatoms. The van der Waals surface area contributed by atoms with Gasteiger partial charge in [0.25, 0.3) is 0 Å². The highest BCUT2D eigenvalue weighted by molar-refractivity contribution is 5.85. The van der Waals surface area contributed by atoms with Crippen molar-refractivity contribution in [2.75, 3.05) is 5.73 Å². The fourth-order valence-electron chi connectivity index (χ4n) is 1.29. The van der Waals surface area contributed by atoms with Crippen LogP contribution in [0.15, 0.2) is 24.3 Å². The Morgan fingerprint density at radius 1 is 1.43 bits per heavy atom. The van der Waals surface area contributed by atoms with Crippen molar-refractivity contribution >= 4 is 18.1 Å². The topological polar surface area (TPSA) is 35.2 Å². The quantitative estimate of drug-likeness (QED) is 0.783. The predicted molar refractivity (Wildman–Crippen MR) is 63.1 cm³/mol. The molecule has 1 atom stereocenters. The number of nitrogen functional groups attached to an aromatic ring is 1. The maximum absolute atomic E-state index is 5.66. The molecule has 0 aliphatic heterocycles. The zero-order valence-corrected chi connectivity index (χ0v) is 9.51. The fourth-order valence-corrected chi connectivity index (χ4v) is 1.29. The Labute approximate surface area is 91.9 Å². The largest absolute Gasteiger partial charge is 0.491 e. The number of benzene rings is 1. The van der Waals surface area contributed by atoms with Gasteiger partial charge >= 0.3 is 0 Å². The standard InChI is InChI=1S/C11H17NO.ClH/c1-3-5-9(2)13-11-7-4-6-10(12)8-11;/h4,6-9H,3,5,12H2,1-2H3;1H. The Hall–Kier alpha value is -0.890. The van der Waals surface area contributed by atoms with Crippen LogP contribution in [0.25, 0.3) is 0 Å². The number of hydrogen-bond donors (Lipinski definition) is 1. The van der Waals surface area contributed by atoms with Crippen LogP contribution in [0.3, 0.4) is 0 Å². The van der Waals surface area contributed by atoms with Gasteiger partial charge in [0, 0.05) is 11.8 Å². The van der Waals surface area contributed by atoms with Gasteiger partial charge in [0.2, 0.25) is 0 Å². The van der Waals surface area contributed by atoms with Crippen LogP contribution < -0.4 is 10.5 Å². The van der Waals surface area contributed by atoms with E-state index in [2.05, 4.69) is 13.8 Å². The third kappa shape index (κ3) is 4.38. The zero-order valence-electron chi connectivity index (χ0n) is 8.69. The van der Waals surface area contributed by atoms with Crippen LogP contribution in [-0.4, -0.2) is 6.10 Å². The highest BCUT2D eigenvalue weighted by Gasteiger charge is 2.01. The molecular weight excluding hydrogens is 198 g/mol. The summed E-state index contributed by atoms with van der Waals surface area (Å²) >= 11 is 0. The van der Waals surface area contributed by atoms with Gasteiger partial charge in [-0.05, 0) is 25.5 Å². The molecule has 2 N–H and O–H groups in total. The second-order valence-electron chi connectivity index (χ2n) is 3.29. The molecule has 0 saturated carbocycles. The molecule has 2 nitrogen and oxygen atoms in total. The minimum Gasteiger partial charge on any atom is -0.491 e. The number of ether oxygens (including phenoxy) is 1. The van der Waals surface area contributed by atoms with Gasteiger partial charge in [-0.15, -0.1) is 12.4 Å². The summed E-state index contributed by atoms with van der Waals surface area (Å²) in [5.74, 6) is 0.862. The molecule has 0 spiro atoms. The molecule has 1 aromatic carbocycles. The van der Waals surface area contributed by atoms with Gasteiger partial charge in [0.1, 0.15) is 5.75 Å². The fraction of sp³-hybridized carbons (Fsp3) is 0.455. The van der Waals surface area contributed by atoms with E-state index in [1.165, 1.54) is 0 Å². The van der Waals surface area contributed by atoms with Crippen LogP contribution in [0.4, 0.5) is 5.69 Å². The second kappa shape index (κ2) is 6.55. The van der Waals surface area contributed by atoms with Gasteiger partial charge in [0.05, 0.1) is 6.10 Å². The first-order valence-corrected chi connectivity index (χ1v) is 4.74. The molecule has 0 amide bonds. The molecule has 0 aliphatic carbocycles. The molecule has 1 aromatic rings. The van der Waals surface area contributed by atoms with Gasteiger partial charge in [-0.3, -0.25) is 0 Å². The van der Waals surface area contributed by atoms with Crippen molar-refractivity contribution in [2.24, 2.45) is 0 Å². The van der Waals surface area contributed by atoms with Crippen LogP contribution in [0.2, 0.25) is 0 Å². The van der Waals surface area contributed by atoms with Crippen molar-refractivity contribution in [1.29, 1.82) is 0 Å². The van der Waals surface area contributed by atoms with Crippen molar-refractivity contribution in [2.45, 2.75) is 32.8 Å². The van der Waals surface area contributed by atoms with E-state index in [-0.39, 0.29) is 18.5 Å². The van der Waals surface area contributed by atoms with Crippen LogP contribution in [0, 0.1) is 0 Å². The Morgan fingerprint density at radius 2 is 2.14 bits per heavy atom. The van der Waals surface area contributed by atoms with Gasteiger partial charge < -0.3 is 10.5 Å². The van der Waals surface area contributed by atoms with Gasteiger partial charge in [-0.2, -0.15) is 0 Å². The van der Waals surface area contributed by atoms with E-state index in [1.54, 1.807) is 0 Å². The summed E-state index contributed by atoms with van der Waals surface area (Å²) < 4.78 is 5.66. The Bertz CT molecular complexity index is 265. The van der Waals surface area contributed by atoms with Crippen molar-refractivity contribution in [3.05, 3.63) is 24.3 Å². The smallest absolute Gasteiger partial charge is 0.121 e. The molecule has 1 unspecified atom stereocenters. The first-order chi connectivity index (χ1) is 6.22. The second-order valence-corrected chi connectivity index (χ2v) is 3.29. The van der Waals surface area contributed by atoms with E-state index >= 15 is 0 Å². The Morgan fingerprint density at radius 3 is 2.71 bits per heavy atom.